The van der Waals surface area contributed by atoms with Crippen molar-refractivity contribution in [1.82, 2.24) is 15.0 Å². The molecule has 0 N–H and O–H groups in total. The Balaban J connectivity index is 0.947. The molecule has 0 atom stereocenters. The Morgan fingerprint density at radius 3 is 1.60 bits per heavy atom. The standard InChI is InChI=1S/C59H33N3OS2/c1-2-15-39-35(12-1)32-49(43-17-4-3-16-42(39)43)59-61-57(60-58(62-59)38-27-29-54-48(33-38)45-19-6-8-25-52(45)65-54)37-14-9-13-34(30-37)40-20-11-23-50-55(40)46-22-10-21-41(56(46)63-50)36-26-28-53-47(31-36)44-18-5-7-24-51(44)64-53/h1-33H. The van der Waals surface area contributed by atoms with Crippen LogP contribution in [0.2, 0.25) is 0 Å². The maximum atomic E-state index is 6.81. The van der Waals surface area contributed by atoms with Crippen molar-refractivity contribution >= 4 is 107 Å². The molecule has 14 rings (SSSR count). The van der Waals surface area contributed by atoms with Gasteiger partial charge >= 0.3 is 0 Å². The SMILES string of the molecule is c1cc(-c2nc(-c3ccc4sc5ccccc5c4c3)nc(-c3cc4ccccc4c4ccccc34)n2)cc(-c2cccc3oc4c(-c5ccc6sc7ccccc7c6c5)cccc4c23)c1. The van der Waals surface area contributed by atoms with Gasteiger partial charge in [0.2, 0.25) is 0 Å². The van der Waals surface area contributed by atoms with Crippen LogP contribution in [0.1, 0.15) is 0 Å². The van der Waals surface area contributed by atoms with Crippen molar-refractivity contribution in [2.75, 3.05) is 0 Å². The molecule has 0 aliphatic carbocycles. The number of para-hydroxylation sites is 1. The van der Waals surface area contributed by atoms with E-state index in [1.807, 2.05) is 22.7 Å². The minimum absolute atomic E-state index is 0.613. The zero-order valence-corrected chi connectivity index (χ0v) is 36.3. The predicted octanol–water partition coefficient (Wildman–Crippen LogP) is 17.1. The number of hydrogen-bond acceptors (Lipinski definition) is 6. The number of nitrogens with zero attached hydrogens (tertiary/aromatic N) is 3. The van der Waals surface area contributed by atoms with E-state index < -0.39 is 0 Å². The van der Waals surface area contributed by atoms with E-state index in [1.54, 1.807) is 0 Å². The van der Waals surface area contributed by atoms with Crippen LogP contribution in [0.3, 0.4) is 0 Å². The maximum Gasteiger partial charge on any atom is 0.164 e. The van der Waals surface area contributed by atoms with Gasteiger partial charge in [-0.2, -0.15) is 0 Å². The van der Waals surface area contributed by atoms with Gasteiger partial charge in [0.05, 0.1) is 0 Å². The van der Waals surface area contributed by atoms with Crippen molar-refractivity contribution in [3.05, 3.63) is 200 Å². The number of furan rings is 1. The summed E-state index contributed by atoms with van der Waals surface area (Å²) in [4.78, 5) is 15.9. The Kier molecular flexibility index (Phi) is 7.99. The largest absolute Gasteiger partial charge is 0.455 e. The second-order valence-electron chi connectivity index (χ2n) is 16.7. The van der Waals surface area contributed by atoms with E-state index in [2.05, 4.69) is 200 Å². The van der Waals surface area contributed by atoms with Crippen LogP contribution in [0.4, 0.5) is 0 Å². The van der Waals surface area contributed by atoms with Crippen LogP contribution in [-0.4, -0.2) is 15.0 Å². The molecule has 0 saturated heterocycles. The predicted molar refractivity (Wildman–Crippen MR) is 275 cm³/mol. The van der Waals surface area contributed by atoms with Crippen molar-refractivity contribution in [2.24, 2.45) is 0 Å². The second kappa shape index (κ2) is 14.2. The zero-order chi connectivity index (χ0) is 42.6. The van der Waals surface area contributed by atoms with Crippen molar-refractivity contribution in [1.29, 1.82) is 0 Å². The summed E-state index contributed by atoms with van der Waals surface area (Å²) in [6.07, 6.45) is 0. The van der Waals surface area contributed by atoms with Crippen LogP contribution in [0.15, 0.2) is 205 Å². The van der Waals surface area contributed by atoms with Gasteiger partial charge in [-0.3, -0.25) is 0 Å². The summed E-state index contributed by atoms with van der Waals surface area (Å²) in [6.45, 7) is 0. The van der Waals surface area contributed by atoms with Gasteiger partial charge in [0.15, 0.2) is 17.5 Å². The lowest BCUT2D eigenvalue weighted by molar-refractivity contribution is 0.670. The minimum atomic E-state index is 0.613. The number of rotatable bonds is 5. The molecule has 0 bridgehead atoms. The third-order valence-corrected chi connectivity index (χ3v) is 15.2. The minimum Gasteiger partial charge on any atom is -0.455 e. The molecule has 302 valence electrons. The molecule has 6 heteroatoms. The monoisotopic (exact) mass is 863 g/mol. The van der Waals surface area contributed by atoms with Crippen LogP contribution in [0.25, 0.3) is 140 Å². The molecule has 0 aliphatic heterocycles. The van der Waals surface area contributed by atoms with Crippen molar-refractivity contribution in [3.8, 4) is 56.4 Å². The average molecular weight is 864 g/mol. The van der Waals surface area contributed by atoms with Gasteiger partial charge in [-0.15, -0.1) is 22.7 Å². The van der Waals surface area contributed by atoms with Crippen molar-refractivity contribution < 1.29 is 4.42 Å². The Morgan fingerprint density at radius 1 is 0.308 bits per heavy atom. The lowest BCUT2D eigenvalue weighted by Crippen LogP contribution is -2.01. The highest BCUT2D eigenvalue weighted by Gasteiger charge is 2.20. The van der Waals surface area contributed by atoms with Crippen LogP contribution in [-0.2, 0) is 0 Å². The van der Waals surface area contributed by atoms with E-state index in [0.29, 0.717) is 17.5 Å². The van der Waals surface area contributed by atoms with Crippen LogP contribution in [0.5, 0.6) is 0 Å². The molecule has 0 aliphatic rings. The Morgan fingerprint density at radius 2 is 0.831 bits per heavy atom. The highest BCUT2D eigenvalue weighted by atomic mass is 32.1. The van der Waals surface area contributed by atoms with Crippen molar-refractivity contribution in [3.63, 3.8) is 0 Å². The molecule has 0 radical (unpaired) electrons. The number of aromatic nitrogens is 3. The fourth-order valence-corrected chi connectivity index (χ4v) is 12.1. The summed E-state index contributed by atoms with van der Waals surface area (Å²) in [5.41, 5.74) is 8.92. The summed E-state index contributed by atoms with van der Waals surface area (Å²) in [7, 11) is 0. The van der Waals surface area contributed by atoms with Gasteiger partial charge < -0.3 is 4.42 Å². The number of hydrogen-bond donors (Lipinski definition) is 0. The number of fused-ring (bicyclic) bond motifs is 12. The first-order valence-corrected chi connectivity index (χ1v) is 23.4. The Bertz CT molecular complexity index is 4270. The first kappa shape index (κ1) is 36.5. The molecule has 0 fully saturated rings. The number of benzene rings is 10. The van der Waals surface area contributed by atoms with Crippen LogP contribution >= 0.6 is 22.7 Å². The van der Waals surface area contributed by atoms with Gasteiger partial charge in [-0.05, 0) is 98.9 Å². The molecule has 0 saturated carbocycles. The molecule has 4 aromatic heterocycles. The average Bonchev–Trinajstić information content (AvgIpc) is 4.07. The molecule has 65 heavy (non-hydrogen) atoms. The molecule has 0 unspecified atom stereocenters. The van der Waals surface area contributed by atoms with E-state index in [1.165, 1.54) is 51.1 Å². The van der Waals surface area contributed by atoms with Gasteiger partial charge in [0.1, 0.15) is 11.2 Å². The summed E-state index contributed by atoms with van der Waals surface area (Å²) in [6, 6.07) is 71.4. The zero-order valence-electron chi connectivity index (χ0n) is 34.6. The highest BCUT2D eigenvalue weighted by Crippen LogP contribution is 2.44. The summed E-state index contributed by atoms with van der Waals surface area (Å²) in [5, 5.41) is 11.8. The Labute approximate surface area is 380 Å². The van der Waals surface area contributed by atoms with E-state index in [0.717, 1.165) is 71.7 Å². The highest BCUT2D eigenvalue weighted by molar-refractivity contribution is 7.26. The summed E-state index contributed by atoms with van der Waals surface area (Å²) in [5.74, 6) is 1.88. The first-order chi connectivity index (χ1) is 32.2. The van der Waals surface area contributed by atoms with Gasteiger partial charge in [0.25, 0.3) is 0 Å². The smallest absolute Gasteiger partial charge is 0.164 e. The maximum absolute atomic E-state index is 6.81. The fraction of sp³-hybridized carbons (Fsp3) is 0. The van der Waals surface area contributed by atoms with Gasteiger partial charge in [-0.1, -0.05) is 140 Å². The molecular weight excluding hydrogens is 831 g/mol. The van der Waals surface area contributed by atoms with E-state index in [9.17, 15) is 0 Å². The topological polar surface area (TPSA) is 51.8 Å². The van der Waals surface area contributed by atoms with Crippen LogP contribution in [0, 0.1) is 0 Å². The normalized spacial score (nSPS) is 12.0. The lowest BCUT2D eigenvalue weighted by Gasteiger charge is -2.13. The van der Waals surface area contributed by atoms with E-state index in [-0.39, 0.29) is 0 Å². The molecule has 0 amide bonds. The summed E-state index contributed by atoms with van der Waals surface area (Å²) < 4.78 is 11.9. The van der Waals surface area contributed by atoms with E-state index in [4.69, 9.17) is 19.4 Å². The first-order valence-electron chi connectivity index (χ1n) is 21.7. The molecule has 0 spiro atoms. The lowest BCUT2D eigenvalue weighted by atomic mass is 9.96. The summed E-state index contributed by atoms with van der Waals surface area (Å²) >= 11 is 3.65. The van der Waals surface area contributed by atoms with E-state index >= 15 is 0 Å². The second-order valence-corrected chi connectivity index (χ2v) is 18.8. The molecule has 14 aromatic rings. The molecule has 4 heterocycles. The Hall–Kier alpha value is -8.03. The number of thiophene rings is 2. The molecular formula is C59H33N3OS2. The van der Waals surface area contributed by atoms with Gasteiger partial charge in [0, 0.05) is 73.4 Å². The van der Waals surface area contributed by atoms with Gasteiger partial charge in [-0.25, -0.2) is 15.0 Å². The third kappa shape index (κ3) is 5.78. The quantitative estimate of drug-likeness (QED) is 0.162. The molecule has 4 nitrogen and oxygen atoms in total. The van der Waals surface area contributed by atoms with Crippen LogP contribution < -0.4 is 0 Å². The third-order valence-electron chi connectivity index (χ3n) is 12.9. The molecule has 10 aromatic carbocycles. The van der Waals surface area contributed by atoms with Crippen molar-refractivity contribution in [2.45, 2.75) is 0 Å². The fourth-order valence-electron chi connectivity index (χ4n) is 9.89.